The van der Waals surface area contributed by atoms with Crippen LogP contribution >= 0.6 is 0 Å². The first-order chi connectivity index (χ1) is 31.0. The van der Waals surface area contributed by atoms with Crippen LogP contribution in [0.4, 0.5) is 0 Å². The lowest BCUT2D eigenvalue weighted by atomic mass is 9.96. The third-order valence-corrected chi connectivity index (χ3v) is 9.78. The molecule has 0 N–H and O–H groups in total. The third-order valence-electron chi connectivity index (χ3n) is 9.78. The minimum Gasteiger partial charge on any atom is -0.493 e. The molecule has 10 heteroatoms. The monoisotopic (exact) mass is 862 g/mol. The first-order valence-corrected chi connectivity index (χ1v) is 21.2. The number of hydrogen-bond donors (Lipinski definition) is 0. The Morgan fingerprint density at radius 2 is 0.734 bits per heavy atom. The minimum absolute atomic E-state index is 0.208. The number of para-hydroxylation sites is 2. The fourth-order valence-corrected chi connectivity index (χ4v) is 6.54. The van der Waals surface area contributed by atoms with Crippen LogP contribution in [0.2, 0.25) is 0 Å². The van der Waals surface area contributed by atoms with Crippen molar-refractivity contribution in [2.75, 3.05) is 26.4 Å². The largest absolute Gasteiger partial charge is 0.493 e. The Labute approximate surface area is 375 Å². The van der Waals surface area contributed by atoms with Crippen molar-refractivity contribution >= 4 is 11.9 Å². The molecule has 0 atom stereocenters. The number of aryl methyl sites for hydroxylation is 4. The van der Waals surface area contributed by atoms with Crippen LogP contribution in [-0.2, 0) is 19.1 Å². The number of hydrogen-bond acceptors (Lipinski definition) is 10. The number of carbonyl (C=O) groups is 2. The van der Waals surface area contributed by atoms with Crippen molar-refractivity contribution in [3.05, 3.63) is 179 Å². The minimum atomic E-state index is -0.455. The van der Waals surface area contributed by atoms with E-state index in [-0.39, 0.29) is 13.2 Å². The topological polar surface area (TPSA) is 108 Å². The maximum Gasteiger partial charge on any atom is 0.336 e. The Morgan fingerprint density at radius 1 is 0.422 bits per heavy atom. The van der Waals surface area contributed by atoms with E-state index in [1.807, 2.05) is 88.4 Å². The Bertz CT molecular complexity index is 2300. The van der Waals surface area contributed by atoms with Crippen molar-refractivity contribution < 1.29 is 47.5 Å². The molecule has 0 amide bonds. The maximum atomic E-state index is 12.6. The summed E-state index contributed by atoms with van der Waals surface area (Å²) in [7, 11) is 0. The van der Waals surface area contributed by atoms with Gasteiger partial charge in [0, 0.05) is 12.8 Å². The molecule has 0 spiro atoms. The molecule has 64 heavy (non-hydrogen) atoms. The third kappa shape index (κ3) is 13.8. The van der Waals surface area contributed by atoms with Crippen molar-refractivity contribution in [2.24, 2.45) is 0 Å². The average Bonchev–Trinajstić information content (AvgIpc) is 3.30. The predicted molar refractivity (Wildman–Crippen MR) is 248 cm³/mol. The fourth-order valence-electron chi connectivity index (χ4n) is 6.54. The van der Waals surface area contributed by atoms with Gasteiger partial charge in [-0.25, -0.2) is 9.59 Å². The molecule has 0 heterocycles. The molecule has 6 rings (SSSR count). The summed E-state index contributed by atoms with van der Waals surface area (Å²) in [6, 6.07) is 41.8. The van der Waals surface area contributed by atoms with E-state index in [1.54, 1.807) is 62.4 Å². The van der Waals surface area contributed by atoms with Crippen LogP contribution in [0.5, 0.6) is 46.0 Å². The van der Waals surface area contributed by atoms with Crippen LogP contribution in [0.1, 0.15) is 48.9 Å². The second-order valence-electron chi connectivity index (χ2n) is 15.2. The molecule has 6 aromatic rings. The highest BCUT2D eigenvalue weighted by Crippen LogP contribution is 2.35. The zero-order valence-corrected chi connectivity index (χ0v) is 37.2. The van der Waals surface area contributed by atoms with E-state index in [9.17, 15) is 9.59 Å². The van der Waals surface area contributed by atoms with E-state index in [0.717, 1.165) is 56.4 Å². The molecule has 6 aromatic carbocycles. The van der Waals surface area contributed by atoms with Gasteiger partial charge in [-0.1, -0.05) is 36.4 Å². The van der Waals surface area contributed by atoms with Gasteiger partial charge in [-0.15, -0.1) is 0 Å². The number of esters is 2. The predicted octanol–water partition coefficient (Wildman–Crippen LogP) is 12.8. The number of carbonyl (C=O) groups excluding carboxylic acids is 2. The van der Waals surface area contributed by atoms with Crippen molar-refractivity contribution in [2.45, 2.75) is 54.4 Å². The van der Waals surface area contributed by atoms with E-state index < -0.39 is 11.9 Å². The van der Waals surface area contributed by atoms with Crippen LogP contribution in [-0.4, -0.2) is 38.4 Å². The van der Waals surface area contributed by atoms with Crippen LogP contribution in [0, 0.1) is 27.7 Å². The first-order valence-electron chi connectivity index (χ1n) is 21.2. The normalized spacial score (nSPS) is 11.3. The summed E-state index contributed by atoms with van der Waals surface area (Å²) in [5.41, 5.74) is 6.86. The van der Waals surface area contributed by atoms with Crippen molar-refractivity contribution in [3.8, 4) is 57.1 Å². The molecule has 0 aromatic heterocycles. The van der Waals surface area contributed by atoms with Gasteiger partial charge in [-0.2, -0.15) is 0 Å². The van der Waals surface area contributed by atoms with Gasteiger partial charge in [-0.3, -0.25) is 0 Å². The summed E-state index contributed by atoms with van der Waals surface area (Å²) in [5.74, 6) is 4.70. The van der Waals surface area contributed by atoms with E-state index >= 15 is 0 Å². The molecule has 0 saturated heterocycles. The molecule has 0 unspecified atom stereocenters. The maximum absolute atomic E-state index is 12.6. The Balaban J connectivity index is 0.887. The van der Waals surface area contributed by atoms with E-state index in [1.165, 1.54) is 12.5 Å². The first kappa shape index (κ1) is 46.1. The van der Waals surface area contributed by atoms with E-state index in [4.69, 9.17) is 37.9 Å². The molecule has 0 saturated carbocycles. The lowest BCUT2D eigenvalue weighted by molar-refractivity contribution is -0.140. The van der Waals surface area contributed by atoms with Crippen LogP contribution in [0.25, 0.3) is 11.1 Å². The van der Waals surface area contributed by atoms with E-state index in [2.05, 4.69) is 24.3 Å². The summed E-state index contributed by atoms with van der Waals surface area (Å²) >= 11 is 0. The van der Waals surface area contributed by atoms with Gasteiger partial charge < -0.3 is 37.9 Å². The highest BCUT2D eigenvalue weighted by molar-refractivity contribution is 5.88. The standard InChI is InChI=1S/C54H54O10/c1-37-31-43(32-38(2)51(37)57-27-13-29-59-53(55)41(5)35-61-45-19-23-49(24-20-45)63-47-15-9-7-10-16-47)44-33-39(3)52(40(4)34-44)58-28-14-30-60-54(56)42(6)36-62-46-21-25-50(26-22-46)64-48-17-11-8-12-18-48/h7-12,15-26,31-36H,13-14,27-30H2,1-6H3. The average molecular weight is 863 g/mol. The summed E-state index contributed by atoms with van der Waals surface area (Å²) < 4.78 is 46.1. The van der Waals surface area contributed by atoms with Gasteiger partial charge in [0.1, 0.15) is 58.5 Å². The Hall–Kier alpha value is -7.46. The quantitative estimate of drug-likeness (QED) is 0.0300. The van der Waals surface area contributed by atoms with Crippen LogP contribution in [0.15, 0.2) is 157 Å². The molecular weight excluding hydrogens is 809 g/mol. The van der Waals surface area contributed by atoms with Gasteiger partial charge >= 0.3 is 11.9 Å². The lowest BCUT2D eigenvalue weighted by Crippen LogP contribution is -2.11. The molecular formula is C54H54O10. The number of ether oxygens (including phenoxy) is 8. The van der Waals surface area contributed by atoms with Gasteiger partial charge in [0.15, 0.2) is 0 Å². The van der Waals surface area contributed by atoms with Gasteiger partial charge in [0.05, 0.1) is 37.6 Å². The van der Waals surface area contributed by atoms with Crippen LogP contribution < -0.4 is 28.4 Å². The molecule has 330 valence electrons. The highest BCUT2D eigenvalue weighted by Gasteiger charge is 2.14. The summed E-state index contributed by atoms with van der Waals surface area (Å²) in [5, 5.41) is 0. The Morgan fingerprint density at radius 3 is 1.08 bits per heavy atom. The van der Waals surface area contributed by atoms with Gasteiger partial charge in [0.2, 0.25) is 0 Å². The van der Waals surface area contributed by atoms with Crippen molar-refractivity contribution in [3.63, 3.8) is 0 Å². The van der Waals surface area contributed by atoms with Crippen molar-refractivity contribution in [1.29, 1.82) is 0 Å². The molecule has 0 aliphatic rings. The van der Waals surface area contributed by atoms with Crippen molar-refractivity contribution in [1.82, 2.24) is 0 Å². The van der Waals surface area contributed by atoms with Gasteiger partial charge in [0.25, 0.3) is 0 Å². The molecule has 10 nitrogen and oxygen atoms in total. The zero-order valence-electron chi connectivity index (χ0n) is 37.2. The summed E-state index contributed by atoms with van der Waals surface area (Å²) in [6.07, 6.45) is 3.82. The Kier molecular flexibility index (Phi) is 16.6. The highest BCUT2D eigenvalue weighted by atomic mass is 16.5. The van der Waals surface area contributed by atoms with E-state index in [0.29, 0.717) is 60.2 Å². The zero-order chi connectivity index (χ0) is 45.3. The smallest absolute Gasteiger partial charge is 0.336 e. The molecule has 0 radical (unpaired) electrons. The van der Waals surface area contributed by atoms with Gasteiger partial charge in [-0.05, 0) is 172 Å². The summed E-state index contributed by atoms with van der Waals surface area (Å²) in [4.78, 5) is 25.1. The molecule has 0 fully saturated rings. The number of rotatable bonds is 21. The molecule has 0 bridgehead atoms. The lowest BCUT2D eigenvalue weighted by Gasteiger charge is -2.17. The SMILES string of the molecule is CC(=COc1ccc(Oc2ccccc2)cc1)C(=O)OCCCOc1c(C)cc(-c2cc(C)c(OCCCOC(=O)C(C)=COc3ccc(Oc4ccccc4)cc3)c(C)c2)cc1C. The molecule has 0 aliphatic carbocycles. The second kappa shape index (κ2) is 23.1. The number of benzene rings is 6. The second-order valence-corrected chi connectivity index (χ2v) is 15.2. The summed E-state index contributed by atoms with van der Waals surface area (Å²) in [6.45, 7) is 12.6. The van der Waals surface area contributed by atoms with Crippen LogP contribution in [0.3, 0.4) is 0 Å². The fraction of sp³-hybridized carbons (Fsp3) is 0.222. The molecule has 0 aliphatic heterocycles.